The average molecular weight is 526 g/mol. The van der Waals surface area contributed by atoms with E-state index in [9.17, 15) is 40.3 Å². The Kier molecular flexibility index (Phi) is 6.35. The Morgan fingerprint density at radius 1 is 0.972 bits per heavy atom. The van der Waals surface area contributed by atoms with E-state index in [4.69, 9.17) is 4.74 Å². The summed E-state index contributed by atoms with van der Waals surface area (Å²) in [7, 11) is 0. The molecule has 0 aromatic heterocycles. The first kappa shape index (κ1) is 27.0. The molecule has 4 aliphatic rings. The molecule has 2 fully saturated rings. The molecular formula is C25H29F7O4. The van der Waals surface area contributed by atoms with Crippen LogP contribution in [0.3, 0.4) is 0 Å². The topological polar surface area (TPSA) is 52.6 Å². The molecule has 0 radical (unpaired) electrons. The second-order valence-electron chi connectivity index (χ2n) is 11.1. The van der Waals surface area contributed by atoms with Crippen LogP contribution in [0.1, 0.15) is 65.7 Å². The minimum absolute atomic E-state index is 0.0471. The van der Waals surface area contributed by atoms with Crippen molar-refractivity contribution in [2.45, 2.75) is 89.8 Å². The van der Waals surface area contributed by atoms with Crippen LogP contribution < -0.4 is 0 Å². The monoisotopic (exact) mass is 526 g/mol. The van der Waals surface area contributed by atoms with Gasteiger partial charge in [-0.15, -0.1) is 0 Å². The minimum atomic E-state index is -6.61. The van der Waals surface area contributed by atoms with Crippen molar-refractivity contribution in [1.82, 2.24) is 0 Å². The Labute approximate surface area is 204 Å². The number of halogens is 7. The van der Waals surface area contributed by atoms with Crippen molar-refractivity contribution in [3.05, 3.63) is 23.5 Å². The van der Waals surface area contributed by atoms with E-state index in [1.165, 1.54) is 13.0 Å². The molecule has 0 aromatic carbocycles. The van der Waals surface area contributed by atoms with E-state index in [0.29, 0.717) is 30.3 Å². The third-order valence-corrected chi connectivity index (χ3v) is 9.18. The SMILES string of the molecule is CC(=O)O[C@H]1CC[C@H]2[C@@H]3CC=C4C=C(OC(=O)C(F)(F)C(F)(F)C(F)(F)F)CC[C@]4(C)[C@H]3CC[C@]12C. The number of rotatable bonds is 4. The maximum atomic E-state index is 13.7. The Morgan fingerprint density at radius 3 is 2.25 bits per heavy atom. The van der Waals surface area contributed by atoms with Gasteiger partial charge in [-0.05, 0) is 73.3 Å². The maximum Gasteiger partial charge on any atom is 0.460 e. The quantitative estimate of drug-likeness (QED) is 0.300. The van der Waals surface area contributed by atoms with Gasteiger partial charge in [-0.3, -0.25) is 4.79 Å². The number of alkyl halides is 7. The number of esters is 2. The van der Waals surface area contributed by atoms with Gasteiger partial charge in [-0.25, -0.2) is 4.79 Å². The number of ether oxygens (including phenoxy) is 2. The fraction of sp³-hybridized carbons (Fsp3) is 0.760. The van der Waals surface area contributed by atoms with E-state index in [2.05, 4.69) is 11.7 Å². The van der Waals surface area contributed by atoms with Crippen molar-refractivity contribution in [2.75, 3.05) is 0 Å². The summed E-state index contributed by atoms with van der Waals surface area (Å²) in [5.74, 6) is -15.4. The molecule has 0 heterocycles. The van der Waals surface area contributed by atoms with Crippen molar-refractivity contribution in [2.24, 2.45) is 28.6 Å². The minimum Gasteiger partial charge on any atom is -0.462 e. The van der Waals surface area contributed by atoms with Gasteiger partial charge in [0, 0.05) is 18.8 Å². The molecule has 0 N–H and O–H groups in total. The molecule has 0 aromatic rings. The molecule has 4 rings (SSSR count). The van der Waals surface area contributed by atoms with Crippen LogP contribution in [0.4, 0.5) is 30.7 Å². The zero-order chi connectivity index (χ0) is 26.9. The van der Waals surface area contributed by atoms with E-state index < -0.39 is 29.4 Å². The van der Waals surface area contributed by atoms with E-state index in [0.717, 1.165) is 25.7 Å². The fourth-order valence-corrected chi connectivity index (χ4v) is 7.22. The summed E-state index contributed by atoms with van der Waals surface area (Å²) >= 11 is 0. The second-order valence-corrected chi connectivity index (χ2v) is 11.1. The van der Waals surface area contributed by atoms with Gasteiger partial charge in [0.15, 0.2) is 0 Å². The fourth-order valence-electron chi connectivity index (χ4n) is 7.22. The first-order chi connectivity index (χ1) is 16.4. The van der Waals surface area contributed by atoms with E-state index in [1.54, 1.807) is 0 Å². The van der Waals surface area contributed by atoms with Gasteiger partial charge in [0.05, 0.1) is 0 Å². The first-order valence-electron chi connectivity index (χ1n) is 12.1. The van der Waals surface area contributed by atoms with Crippen molar-refractivity contribution in [3.63, 3.8) is 0 Å². The molecule has 6 atom stereocenters. The van der Waals surface area contributed by atoms with Crippen molar-refractivity contribution >= 4 is 11.9 Å². The van der Waals surface area contributed by atoms with E-state index >= 15 is 0 Å². The predicted octanol–water partition coefficient (Wildman–Crippen LogP) is 6.75. The number of allylic oxidation sites excluding steroid dienone is 4. The van der Waals surface area contributed by atoms with Crippen LogP contribution in [0, 0.1) is 28.6 Å². The zero-order valence-corrected chi connectivity index (χ0v) is 20.2. The summed E-state index contributed by atoms with van der Waals surface area (Å²) in [4.78, 5) is 23.3. The van der Waals surface area contributed by atoms with Crippen LogP contribution in [0.5, 0.6) is 0 Å². The van der Waals surface area contributed by atoms with Crippen molar-refractivity contribution in [3.8, 4) is 0 Å². The number of carbonyl (C=O) groups excluding carboxylic acids is 2. The predicted molar refractivity (Wildman–Crippen MR) is 113 cm³/mol. The molecule has 36 heavy (non-hydrogen) atoms. The van der Waals surface area contributed by atoms with Crippen LogP contribution in [-0.2, 0) is 19.1 Å². The lowest BCUT2D eigenvalue weighted by atomic mass is 9.48. The Bertz CT molecular complexity index is 1000. The second kappa shape index (κ2) is 8.48. The molecule has 11 heteroatoms. The highest BCUT2D eigenvalue weighted by atomic mass is 19.4. The lowest BCUT2D eigenvalue weighted by Crippen LogP contribution is -2.56. The number of fused-ring (bicyclic) bond motifs is 5. The highest BCUT2D eigenvalue weighted by Crippen LogP contribution is 2.65. The molecule has 4 aliphatic carbocycles. The summed E-state index contributed by atoms with van der Waals surface area (Å²) in [5, 5.41) is 0. The van der Waals surface area contributed by atoms with Gasteiger partial charge in [-0.2, -0.15) is 30.7 Å². The smallest absolute Gasteiger partial charge is 0.460 e. The molecule has 0 bridgehead atoms. The van der Waals surface area contributed by atoms with Gasteiger partial charge in [-0.1, -0.05) is 19.9 Å². The number of carbonyl (C=O) groups is 2. The molecular weight excluding hydrogens is 497 g/mol. The Hall–Kier alpha value is -2.07. The summed E-state index contributed by atoms with van der Waals surface area (Å²) in [6.07, 6.45) is 0.850. The van der Waals surface area contributed by atoms with E-state index in [-0.39, 0.29) is 35.6 Å². The molecule has 0 spiro atoms. The Morgan fingerprint density at radius 2 is 1.64 bits per heavy atom. The van der Waals surface area contributed by atoms with Crippen LogP contribution in [0.15, 0.2) is 23.5 Å². The molecule has 0 unspecified atom stereocenters. The van der Waals surface area contributed by atoms with Crippen LogP contribution >= 0.6 is 0 Å². The van der Waals surface area contributed by atoms with Gasteiger partial charge in [0.1, 0.15) is 11.9 Å². The molecule has 2 saturated carbocycles. The zero-order valence-electron chi connectivity index (χ0n) is 20.2. The van der Waals surface area contributed by atoms with Crippen LogP contribution in [0.2, 0.25) is 0 Å². The van der Waals surface area contributed by atoms with Gasteiger partial charge < -0.3 is 9.47 Å². The molecule has 0 amide bonds. The standard InChI is InChI=1S/C25H29F7O4/c1-13(33)35-19-7-6-17-16-5-4-14-12-15(8-10-21(14,2)18(16)9-11-22(17,19)3)36-20(34)23(26,27)24(28,29)25(30,31)32/h4,12,16-19H,5-11H2,1-3H3/t16-,17-,18-,19-,21-,22-/m0/s1. The van der Waals surface area contributed by atoms with Crippen LogP contribution in [-0.4, -0.2) is 36.1 Å². The largest absolute Gasteiger partial charge is 0.462 e. The highest BCUT2D eigenvalue weighted by molar-refractivity contribution is 5.80. The molecule has 4 nitrogen and oxygen atoms in total. The number of hydrogen-bond donors (Lipinski definition) is 0. The molecule has 0 aliphatic heterocycles. The highest BCUT2D eigenvalue weighted by Gasteiger charge is 2.77. The third-order valence-electron chi connectivity index (χ3n) is 9.18. The summed E-state index contributed by atoms with van der Waals surface area (Å²) in [6.45, 7) is 5.58. The van der Waals surface area contributed by atoms with Gasteiger partial charge in [0.2, 0.25) is 0 Å². The summed E-state index contributed by atoms with van der Waals surface area (Å²) < 4.78 is 101. The molecule has 0 saturated heterocycles. The van der Waals surface area contributed by atoms with Crippen molar-refractivity contribution in [1.29, 1.82) is 0 Å². The third kappa shape index (κ3) is 3.95. The normalized spacial score (nSPS) is 36.6. The maximum absolute atomic E-state index is 13.7. The first-order valence-corrected chi connectivity index (χ1v) is 12.1. The van der Waals surface area contributed by atoms with Crippen molar-refractivity contribution < 1.29 is 49.8 Å². The summed E-state index contributed by atoms with van der Waals surface area (Å²) in [6, 6.07) is 0. The lowest BCUT2D eigenvalue weighted by Gasteiger charge is -2.56. The van der Waals surface area contributed by atoms with E-state index in [1.807, 2.05) is 13.0 Å². The van der Waals surface area contributed by atoms with Gasteiger partial charge >= 0.3 is 30.0 Å². The Balaban J connectivity index is 1.54. The number of hydrogen-bond acceptors (Lipinski definition) is 4. The van der Waals surface area contributed by atoms with Crippen LogP contribution in [0.25, 0.3) is 0 Å². The lowest BCUT2D eigenvalue weighted by molar-refractivity contribution is -0.347. The average Bonchev–Trinajstić information content (AvgIpc) is 3.08. The van der Waals surface area contributed by atoms with Gasteiger partial charge in [0.25, 0.3) is 0 Å². The molecule has 202 valence electrons. The summed E-state index contributed by atoms with van der Waals surface area (Å²) in [5.41, 5.74) is 0.175.